The van der Waals surface area contributed by atoms with Gasteiger partial charge in [0.25, 0.3) is 0 Å². The maximum Gasteiger partial charge on any atom is 0.243 e. The minimum atomic E-state index is -3.65. The summed E-state index contributed by atoms with van der Waals surface area (Å²) in [6.07, 6.45) is 6.39. The second-order valence-corrected chi connectivity index (χ2v) is 9.29. The molecule has 0 aliphatic rings. The Hall–Kier alpha value is -3.13. The summed E-state index contributed by atoms with van der Waals surface area (Å²) in [4.78, 5) is 16.8. The molecule has 2 aromatic carbocycles. The molecule has 1 heterocycles. The molecule has 7 nitrogen and oxygen atoms in total. The SMILES string of the molecule is Cc1cc(C)cc(N([C@@H](C)C(=O)NCc2ccc(-n3ccnc3)cc2)S(C)(=O)=O)c1. The molecule has 1 N–H and O–H groups in total. The van der Waals surface area contributed by atoms with E-state index in [1.807, 2.05) is 54.9 Å². The van der Waals surface area contributed by atoms with E-state index in [1.54, 1.807) is 31.6 Å². The summed E-state index contributed by atoms with van der Waals surface area (Å²) in [5.41, 5.74) is 4.24. The molecule has 1 atom stereocenters. The number of aromatic nitrogens is 2. The van der Waals surface area contributed by atoms with Crippen molar-refractivity contribution in [2.45, 2.75) is 33.4 Å². The van der Waals surface area contributed by atoms with Gasteiger partial charge in [-0.15, -0.1) is 0 Å². The number of hydrogen-bond acceptors (Lipinski definition) is 4. The lowest BCUT2D eigenvalue weighted by Gasteiger charge is -2.28. The van der Waals surface area contributed by atoms with Gasteiger partial charge in [-0.2, -0.15) is 0 Å². The average molecular weight is 427 g/mol. The third-order valence-corrected chi connectivity index (χ3v) is 6.00. The van der Waals surface area contributed by atoms with E-state index in [-0.39, 0.29) is 5.91 Å². The highest BCUT2D eigenvalue weighted by molar-refractivity contribution is 7.92. The first kappa shape index (κ1) is 21.6. The van der Waals surface area contributed by atoms with Crippen molar-refractivity contribution < 1.29 is 13.2 Å². The molecule has 0 bridgehead atoms. The maximum absolute atomic E-state index is 12.8. The van der Waals surface area contributed by atoms with E-state index >= 15 is 0 Å². The van der Waals surface area contributed by atoms with Gasteiger partial charge in [-0.25, -0.2) is 13.4 Å². The Morgan fingerprint density at radius 3 is 2.30 bits per heavy atom. The molecule has 0 radical (unpaired) electrons. The number of sulfonamides is 1. The molecule has 8 heteroatoms. The topological polar surface area (TPSA) is 84.3 Å². The molecule has 3 rings (SSSR count). The molecule has 0 unspecified atom stereocenters. The number of amides is 1. The molecule has 0 aliphatic carbocycles. The Morgan fingerprint density at radius 1 is 1.13 bits per heavy atom. The van der Waals surface area contributed by atoms with Crippen molar-refractivity contribution in [1.29, 1.82) is 0 Å². The number of anilines is 1. The summed E-state index contributed by atoms with van der Waals surface area (Å²) in [5, 5.41) is 2.84. The summed E-state index contributed by atoms with van der Waals surface area (Å²) >= 11 is 0. The zero-order chi connectivity index (χ0) is 21.9. The number of benzene rings is 2. The molecule has 0 fully saturated rings. The van der Waals surface area contributed by atoms with Crippen LogP contribution in [-0.4, -0.2) is 36.2 Å². The third-order valence-electron chi connectivity index (χ3n) is 4.76. The van der Waals surface area contributed by atoms with Gasteiger partial charge in [0.1, 0.15) is 6.04 Å². The second kappa shape index (κ2) is 8.71. The predicted molar refractivity (Wildman–Crippen MR) is 118 cm³/mol. The summed E-state index contributed by atoms with van der Waals surface area (Å²) in [6, 6.07) is 12.3. The van der Waals surface area contributed by atoms with Crippen molar-refractivity contribution in [3.05, 3.63) is 77.9 Å². The van der Waals surface area contributed by atoms with Crippen molar-refractivity contribution in [2.24, 2.45) is 0 Å². The zero-order valence-electron chi connectivity index (χ0n) is 17.5. The Balaban J connectivity index is 1.72. The van der Waals surface area contributed by atoms with Gasteiger partial charge in [-0.3, -0.25) is 9.10 Å². The number of nitrogens with one attached hydrogen (secondary N) is 1. The zero-order valence-corrected chi connectivity index (χ0v) is 18.3. The van der Waals surface area contributed by atoms with Crippen LogP contribution in [0.1, 0.15) is 23.6 Å². The molecule has 0 spiro atoms. The fourth-order valence-electron chi connectivity index (χ4n) is 3.42. The van der Waals surface area contributed by atoms with E-state index in [9.17, 15) is 13.2 Å². The van der Waals surface area contributed by atoms with Crippen LogP contribution in [0.5, 0.6) is 0 Å². The molecule has 0 saturated carbocycles. The highest BCUT2D eigenvalue weighted by Gasteiger charge is 2.29. The van der Waals surface area contributed by atoms with Crippen molar-refractivity contribution >= 4 is 21.6 Å². The van der Waals surface area contributed by atoms with Crippen LogP contribution in [0.25, 0.3) is 5.69 Å². The van der Waals surface area contributed by atoms with E-state index in [1.165, 1.54) is 4.31 Å². The molecule has 1 aromatic heterocycles. The number of hydrogen-bond donors (Lipinski definition) is 1. The first-order valence-electron chi connectivity index (χ1n) is 9.58. The second-order valence-electron chi connectivity index (χ2n) is 7.43. The minimum absolute atomic E-state index is 0.303. The predicted octanol–water partition coefficient (Wildman–Crippen LogP) is 2.96. The minimum Gasteiger partial charge on any atom is -0.350 e. The van der Waals surface area contributed by atoms with Crippen molar-refractivity contribution in [2.75, 3.05) is 10.6 Å². The van der Waals surface area contributed by atoms with Crippen LogP contribution >= 0.6 is 0 Å². The van der Waals surface area contributed by atoms with Crippen LogP contribution in [0, 0.1) is 13.8 Å². The largest absolute Gasteiger partial charge is 0.350 e. The molecule has 158 valence electrons. The summed E-state index contributed by atoms with van der Waals surface area (Å²) in [7, 11) is -3.65. The van der Waals surface area contributed by atoms with Crippen LogP contribution in [0.3, 0.4) is 0 Å². The Kier molecular flexibility index (Phi) is 6.26. The van der Waals surface area contributed by atoms with Crippen molar-refractivity contribution in [1.82, 2.24) is 14.9 Å². The molecular formula is C22H26N4O3S. The average Bonchev–Trinajstić information content (AvgIpc) is 3.19. The number of carbonyl (C=O) groups is 1. The lowest BCUT2D eigenvalue weighted by Crippen LogP contribution is -2.47. The number of imidazole rings is 1. The lowest BCUT2D eigenvalue weighted by molar-refractivity contribution is -0.122. The quantitative estimate of drug-likeness (QED) is 0.630. The maximum atomic E-state index is 12.8. The smallest absolute Gasteiger partial charge is 0.243 e. The van der Waals surface area contributed by atoms with E-state index in [4.69, 9.17) is 0 Å². The highest BCUT2D eigenvalue weighted by Crippen LogP contribution is 2.24. The molecule has 0 aliphatic heterocycles. The lowest BCUT2D eigenvalue weighted by atomic mass is 10.1. The van der Waals surface area contributed by atoms with Crippen LogP contribution < -0.4 is 9.62 Å². The standard InChI is InChI=1S/C22H26N4O3S/c1-16-11-17(2)13-21(12-16)26(30(4,28)29)18(3)22(27)24-14-19-5-7-20(8-6-19)25-10-9-23-15-25/h5-13,15,18H,14H2,1-4H3,(H,24,27)/t18-/m0/s1. The number of rotatable bonds is 7. The fraction of sp³-hybridized carbons (Fsp3) is 0.273. The van der Waals surface area contributed by atoms with Gasteiger partial charge in [0, 0.05) is 24.6 Å². The van der Waals surface area contributed by atoms with E-state index in [0.29, 0.717) is 12.2 Å². The van der Waals surface area contributed by atoms with Gasteiger partial charge >= 0.3 is 0 Å². The van der Waals surface area contributed by atoms with Gasteiger partial charge in [0.2, 0.25) is 15.9 Å². The molecule has 0 saturated heterocycles. The normalized spacial score (nSPS) is 12.4. The molecule has 1 amide bonds. The van der Waals surface area contributed by atoms with Crippen LogP contribution in [0.15, 0.2) is 61.2 Å². The number of nitrogens with zero attached hydrogens (tertiary/aromatic N) is 3. The Morgan fingerprint density at radius 2 is 1.77 bits per heavy atom. The summed E-state index contributed by atoms with van der Waals surface area (Å²) in [6.45, 7) is 5.69. The van der Waals surface area contributed by atoms with Gasteiger partial charge in [-0.1, -0.05) is 18.2 Å². The van der Waals surface area contributed by atoms with Crippen LogP contribution in [0.4, 0.5) is 5.69 Å². The Bertz CT molecular complexity index is 1100. The monoisotopic (exact) mass is 426 g/mol. The molecule has 30 heavy (non-hydrogen) atoms. The van der Waals surface area contributed by atoms with Crippen molar-refractivity contribution in [3.8, 4) is 5.69 Å². The van der Waals surface area contributed by atoms with E-state index in [2.05, 4.69) is 10.3 Å². The third kappa shape index (κ3) is 5.07. The van der Waals surface area contributed by atoms with E-state index < -0.39 is 16.1 Å². The number of aryl methyl sites for hydroxylation is 2. The Labute approximate surface area is 177 Å². The first-order chi connectivity index (χ1) is 14.1. The van der Waals surface area contributed by atoms with E-state index in [0.717, 1.165) is 28.6 Å². The highest BCUT2D eigenvalue weighted by atomic mass is 32.2. The summed E-state index contributed by atoms with van der Waals surface area (Å²) in [5.74, 6) is -0.363. The van der Waals surface area contributed by atoms with Crippen LogP contribution in [-0.2, 0) is 21.4 Å². The van der Waals surface area contributed by atoms with Gasteiger partial charge < -0.3 is 9.88 Å². The number of carbonyl (C=O) groups excluding carboxylic acids is 1. The van der Waals surface area contributed by atoms with Crippen LogP contribution in [0.2, 0.25) is 0 Å². The van der Waals surface area contributed by atoms with Gasteiger partial charge in [-0.05, 0) is 61.7 Å². The van der Waals surface area contributed by atoms with Crippen molar-refractivity contribution in [3.63, 3.8) is 0 Å². The fourth-order valence-corrected chi connectivity index (χ4v) is 4.58. The molecular weight excluding hydrogens is 400 g/mol. The van der Waals surface area contributed by atoms with Gasteiger partial charge in [0.15, 0.2) is 0 Å². The molecule has 3 aromatic rings. The summed E-state index contributed by atoms with van der Waals surface area (Å²) < 4.78 is 28.0. The first-order valence-corrected chi connectivity index (χ1v) is 11.4. The van der Waals surface area contributed by atoms with Gasteiger partial charge in [0.05, 0.1) is 18.3 Å².